The van der Waals surface area contributed by atoms with Crippen LogP contribution in [0.15, 0.2) is 22.4 Å². The summed E-state index contributed by atoms with van der Waals surface area (Å²) in [6.07, 6.45) is 2.16. The standard InChI is InChI=1S/C14H19NO4S/c1-5-19-13(17)9-6-7-15-10(8-11(16)18-4)14(2,3)20-12(9)15/h8H,5-7H2,1-4H3. The highest BCUT2D eigenvalue weighted by atomic mass is 32.2. The number of ether oxygens (including phenoxy) is 2. The Morgan fingerprint density at radius 1 is 1.45 bits per heavy atom. The van der Waals surface area contributed by atoms with Gasteiger partial charge in [-0.1, -0.05) is 11.8 Å². The first-order valence-corrected chi connectivity index (χ1v) is 7.39. The predicted octanol–water partition coefficient (Wildman–Crippen LogP) is 2.05. The largest absolute Gasteiger partial charge is 0.466 e. The third-order valence-corrected chi connectivity index (χ3v) is 4.71. The minimum absolute atomic E-state index is 0.257. The van der Waals surface area contributed by atoms with Crippen molar-refractivity contribution in [2.24, 2.45) is 0 Å². The van der Waals surface area contributed by atoms with E-state index in [9.17, 15) is 9.59 Å². The molecular weight excluding hydrogens is 278 g/mol. The molecule has 0 saturated carbocycles. The molecule has 0 aromatic rings. The Morgan fingerprint density at radius 3 is 2.75 bits per heavy atom. The van der Waals surface area contributed by atoms with E-state index in [4.69, 9.17) is 9.47 Å². The van der Waals surface area contributed by atoms with Gasteiger partial charge in [-0.15, -0.1) is 0 Å². The van der Waals surface area contributed by atoms with E-state index in [0.717, 1.165) is 10.7 Å². The van der Waals surface area contributed by atoms with E-state index in [1.54, 1.807) is 18.7 Å². The maximum absolute atomic E-state index is 12.0. The minimum Gasteiger partial charge on any atom is -0.466 e. The van der Waals surface area contributed by atoms with Gasteiger partial charge < -0.3 is 14.4 Å². The number of fused-ring (bicyclic) bond motifs is 1. The van der Waals surface area contributed by atoms with Crippen molar-refractivity contribution in [3.63, 3.8) is 0 Å². The summed E-state index contributed by atoms with van der Waals surface area (Å²) in [5, 5.41) is 0.906. The van der Waals surface area contributed by atoms with E-state index in [1.807, 2.05) is 18.7 Å². The number of hydrogen-bond donors (Lipinski definition) is 0. The molecule has 20 heavy (non-hydrogen) atoms. The smallest absolute Gasteiger partial charge is 0.336 e. The molecule has 0 unspecified atom stereocenters. The van der Waals surface area contributed by atoms with Gasteiger partial charge in [0.15, 0.2) is 0 Å². The number of carbonyl (C=O) groups excluding carboxylic acids is 2. The highest BCUT2D eigenvalue weighted by molar-refractivity contribution is 8.04. The van der Waals surface area contributed by atoms with Crippen LogP contribution in [0.3, 0.4) is 0 Å². The van der Waals surface area contributed by atoms with Crippen LogP contribution in [0, 0.1) is 0 Å². The maximum Gasteiger partial charge on any atom is 0.336 e. The van der Waals surface area contributed by atoms with Crippen LogP contribution in [0.2, 0.25) is 0 Å². The molecule has 0 aliphatic carbocycles. The summed E-state index contributed by atoms with van der Waals surface area (Å²) in [6.45, 7) is 6.92. The third kappa shape index (κ3) is 2.57. The molecule has 0 atom stereocenters. The second-order valence-electron chi connectivity index (χ2n) is 5.07. The minimum atomic E-state index is -0.375. The number of carbonyl (C=O) groups is 2. The fraction of sp³-hybridized carbons (Fsp3) is 0.571. The fourth-order valence-electron chi connectivity index (χ4n) is 2.39. The maximum atomic E-state index is 12.0. The van der Waals surface area contributed by atoms with E-state index in [2.05, 4.69) is 0 Å². The lowest BCUT2D eigenvalue weighted by atomic mass is 10.1. The molecular formula is C14H19NO4S. The topological polar surface area (TPSA) is 55.8 Å². The van der Waals surface area contributed by atoms with E-state index in [0.29, 0.717) is 25.1 Å². The van der Waals surface area contributed by atoms with Crippen molar-refractivity contribution in [1.82, 2.24) is 4.90 Å². The molecule has 0 aromatic carbocycles. The van der Waals surface area contributed by atoms with Crippen molar-refractivity contribution in [2.45, 2.75) is 31.9 Å². The summed E-state index contributed by atoms with van der Waals surface area (Å²) in [5.74, 6) is -0.632. The van der Waals surface area contributed by atoms with E-state index < -0.39 is 0 Å². The van der Waals surface area contributed by atoms with Crippen molar-refractivity contribution >= 4 is 23.7 Å². The molecule has 2 heterocycles. The number of nitrogens with zero attached hydrogens (tertiary/aromatic N) is 1. The van der Waals surface area contributed by atoms with Crippen molar-refractivity contribution in [1.29, 1.82) is 0 Å². The van der Waals surface area contributed by atoms with Crippen molar-refractivity contribution < 1.29 is 19.1 Å². The van der Waals surface area contributed by atoms with Gasteiger partial charge >= 0.3 is 11.9 Å². The summed E-state index contributed by atoms with van der Waals surface area (Å²) < 4.78 is 9.54. The Labute approximate surface area is 123 Å². The first-order valence-electron chi connectivity index (χ1n) is 6.57. The first kappa shape index (κ1) is 15.0. The van der Waals surface area contributed by atoms with Gasteiger partial charge in [-0.25, -0.2) is 9.59 Å². The number of esters is 2. The van der Waals surface area contributed by atoms with Crippen LogP contribution in [0.1, 0.15) is 27.2 Å². The van der Waals surface area contributed by atoms with E-state index in [1.165, 1.54) is 13.2 Å². The highest BCUT2D eigenvalue weighted by Crippen LogP contribution is 2.53. The molecule has 110 valence electrons. The Hall–Kier alpha value is -1.43. The normalized spacial score (nSPS) is 22.2. The molecule has 2 aliphatic rings. The number of hydrogen-bond acceptors (Lipinski definition) is 6. The van der Waals surface area contributed by atoms with Gasteiger partial charge in [0.25, 0.3) is 0 Å². The molecule has 0 amide bonds. The number of methoxy groups -OCH3 is 1. The van der Waals surface area contributed by atoms with Crippen molar-refractivity contribution in [2.75, 3.05) is 20.3 Å². The van der Waals surface area contributed by atoms with Crippen LogP contribution in [0.4, 0.5) is 0 Å². The van der Waals surface area contributed by atoms with Crippen molar-refractivity contribution in [3.8, 4) is 0 Å². The quantitative estimate of drug-likeness (QED) is 0.587. The predicted molar refractivity (Wildman–Crippen MR) is 76.8 cm³/mol. The Bertz CT molecular complexity index is 507. The van der Waals surface area contributed by atoms with Gasteiger partial charge in [0.05, 0.1) is 29.1 Å². The SMILES string of the molecule is CCOC(=O)C1=C2SC(C)(C)C(=CC(=O)OC)N2CC1. The van der Waals surface area contributed by atoms with Crippen LogP contribution in [0.25, 0.3) is 0 Å². The van der Waals surface area contributed by atoms with Crippen LogP contribution < -0.4 is 0 Å². The lowest BCUT2D eigenvalue weighted by Crippen LogP contribution is -2.24. The van der Waals surface area contributed by atoms with Crippen LogP contribution in [0.5, 0.6) is 0 Å². The van der Waals surface area contributed by atoms with Gasteiger partial charge in [-0.3, -0.25) is 0 Å². The molecule has 1 fully saturated rings. The summed E-state index contributed by atoms with van der Waals surface area (Å²) in [7, 11) is 1.36. The van der Waals surface area contributed by atoms with Crippen LogP contribution in [-0.4, -0.2) is 41.8 Å². The molecule has 1 saturated heterocycles. The number of thioether (sulfide) groups is 1. The zero-order valence-corrected chi connectivity index (χ0v) is 13.0. The third-order valence-electron chi connectivity index (χ3n) is 3.33. The molecule has 0 spiro atoms. The average Bonchev–Trinajstić information content (AvgIpc) is 2.87. The van der Waals surface area contributed by atoms with Crippen LogP contribution >= 0.6 is 11.8 Å². The monoisotopic (exact) mass is 297 g/mol. The zero-order chi connectivity index (χ0) is 14.9. The fourth-order valence-corrected chi connectivity index (χ4v) is 3.76. The average molecular weight is 297 g/mol. The first-order chi connectivity index (χ1) is 9.40. The summed E-state index contributed by atoms with van der Waals surface area (Å²) in [4.78, 5) is 25.5. The lowest BCUT2D eigenvalue weighted by molar-refractivity contribution is -0.138. The lowest BCUT2D eigenvalue weighted by Gasteiger charge is -2.22. The Kier molecular flexibility index (Phi) is 4.13. The van der Waals surface area contributed by atoms with Crippen LogP contribution in [-0.2, 0) is 19.1 Å². The molecule has 2 rings (SSSR count). The summed E-state index contributed by atoms with van der Waals surface area (Å²) in [5.41, 5.74) is 1.59. The molecule has 2 aliphatic heterocycles. The summed E-state index contributed by atoms with van der Waals surface area (Å²) in [6, 6.07) is 0. The Morgan fingerprint density at radius 2 is 2.15 bits per heavy atom. The highest BCUT2D eigenvalue weighted by Gasteiger charge is 2.45. The van der Waals surface area contributed by atoms with Crippen molar-refractivity contribution in [3.05, 3.63) is 22.4 Å². The molecule has 5 nitrogen and oxygen atoms in total. The van der Waals surface area contributed by atoms with Gasteiger partial charge in [0, 0.05) is 24.7 Å². The van der Waals surface area contributed by atoms with Gasteiger partial charge in [-0.2, -0.15) is 0 Å². The Balaban J connectivity index is 2.36. The zero-order valence-electron chi connectivity index (χ0n) is 12.2. The van der Waals surface area contributed by atoms with Gasteiger partial charge in [-0.05, 0) is 20.8 Å². The second-order valence-corrected chi connectivity index (χ2v) is 6.68. The van der Waals surface area contributed by atoms with E-state index >= 15 is 0 Å². The molecule has 6 heteroatoms. The molecule has 0 bridgehead atoms. The summed E-state index contributed by atoms with van der Waals surface area (Å²) >= 11 is 1.59. The van der Waals surface area contributed by atoms with Gasteiger partial charge in [0.2, 0.25) is 0 Å². The molecule has 0 N–H and O–H groups in total. The molecule has 0 aromatic heterocycles. The second kappa shape index (κ2) is 5.52. The number of rotatable bonds is 3. The van der Waals surface area contributed by atoms with E-state index in [-0.39, 0.29) is 16.7 Å². The molecule has 0 radical (unpaired) electrons. The van der Waals surface area contributed by atoms with Gasteiger partial charge in [0.1, 0.15) is 0 Å².